The van der Waals surface area contributed by atoms with Gasteiger partial charge in [0.1, 0.15) is 0 Å². The van der Waals surface area contributed by atoms with Gasteiger partial charge in [-0.25, -0.2) is 0 Å². The summed E-state index contributed by atoms with van der Waals surface area (Å²) in [6, 6.07) is 22.8. The van der Waals surface area contributed by atoms with E-state index >= 15 is 0 Å². The summed E-state index contributed by atoms with van der Waals surface area (Å²) < 4.78 is 0. The zero-order chi connectivity index (χ0) is 15.5. The maximum atomic E-state index is 2.38. The first-order valence-corrected chi connectivity index (χ1v) is 10.7. The van der Waals surface area contributed by atoms with Crippen LogP contribution in [0.3, 0.4) is 0 Å². The zero-order valence-electron chi connectivity index (χ0n) is 13.9. The van der Waals surface area contributed by atoms with Gasteiger partial charge in [0, 0.05) is 0 Å². The second kappa shape index (κ2) is 7.18. The van der Waals surface area contributed by atoms with Crippen LogP contribution in [0.1, 0.15) is 44.9 Å². The molecule has 2 aliphatic rings. The van der Waals surface area contributed by atoms with Crippen molar-refractivity contribution in [2.24, 2.45) is 11.8 Å². The Morgan fingerprint density at radius 1 is 0.652 bits per heavy atom. The van der Waals surface area contributed by atoms with E-state index in [-0.39, 0.29) is 7.92 Å². The monoisotopic (exact) mass is 322 g/mol. The van der Waals surface area contributed by atoms with Crippen molar-refractivity contribution in [3.05, 3.63) is 60.7 Å². The standard InChI is InChI=1S/C22H27P/c1-3-12-20(13-4-1)23(21-14-5-2-6-15-21)22-16-8-10-18-9-7-11-19(22)17-18/h1-6,12-15,18-19,22H,7-11,16-17H2/t18?,19?,22-/m1/s1. The maximum absolute atomic E-state index is 2.38. The summed E-state index contributed by atoms with van der Waals surface area (Å²) in [5.41, 5.74) is 0.889. The van der Waals surface area contributed by atoms with Crippen LogP contribution < -0.4 is 10.6 Å². The molecule has 3 atom stereocenters. The zero-order valence-corrected chi connectivity index (χ0v) is 14.8. The molecule has 2 aliphatic carbocycles. The van der Waals surface area contributed by atoms with Crippen molar-refractivity contribution >= 4 is 18.5 Å². The quantitative estimate of drug-likeness (QED) is 0.657. The van der Waals surface area contributed by atoms with Gasteiger partial charge < -0.3 is 0 Å². The van der Waals surface area contributed by atoms with E-state index in [0.717, 1.165) is 17.5 Å². The molecule has 0 amide bonds. The van der Waals surface area contributed by atoms with E-state index in [4.69, 9.17) is 0 Å². The first kappa shape index (κ1) is 15.4. The lowest BCUT2D eigenvalue weighted by atomic mass is 9.80. The molecule has 0 aromatic heterocycles. The van der Waals surface area contributed by atoms with Gasteiger partial charge in [-0.3, -0.25) is 0 Å². The topological polar surface area (TPSA) is 0 Å². The van der Waals surface area contributed by atoms with Gasteiger partial charge in [0.25, 0.3) is 0 Å². The van der Waals surface area contributed by atoms with Crippen LogP contribution in [0.5, 0.6) is 0 Å². The van der Waals surface area contributed by atoms with Crippen LogP contribution in [0.25, 0.3) is 0 Å². The molecule has 0 N–H and O–H groups in total. The number of hydrogen-bond acceptors (Lipinski definition) is 0. The third kappa shape index (κ3) is 3.38. The van der Waals surface area contributed by atoms with Crippen molar-refractivity contribution in [3.8, 4) is 0 Å². The SMILES string of the molecule is c1ccc(P(c2ccccc2)[C@@H]2CCCC3CCCC2C3)cc1. The fraction of sp³-hybridized carbons (Fsp3) is 0.455. The lowest BCUT2D eigenvalue weighted by Crippen LogP contribution is -2.29. The summed E-state index contributed by atoms with van der Waals surface area (Å²) in [6.45, 7) is 0. The highest BCUT2D eigenvalue weighted by atomic mass is 31.1. The molecule has 2 aromatic rings. The summed E-state index contributed by atoms with van der Waals surface area (Å²) in [5, 5.41) is 3.17. The maximum Gasteiger partial charge on any atom is -0.0100 e. The molecule has 0 nitrogen and oxygen atoms in total. The van der Waals surface area contributed by atoms with E-state index < -0.39 is 0 Å². The predicted molar refractivity (Wildman–Crippen MR) is 102 cm³/mol. The molecule has 2 aromatic carbocycles. The smallest absolute Gasteiger partial charge is 0.0100 e. The van der Waals surface area contributed by atoms with Crippen LogP contribution in [-0.4, -0.2) is 5.66 Å². The molecule has 0 radical (unpaired) electrons. The summed E-state index contributed by atoms with van der Waals surface area (Å²) in [6.07, 6.45) is 10.3. The van der Waals surface area contributed by atoms with Gasteiger partial charge in [-0.15, -0.1) is 0 Å². The van der Waals surface area contributed by atoms with Gasteiger partial charge in [0.05, 0.1) is 0 Å². The fourth-order valence-electron chi connectivity index (χ4n) is 4.84. The Balaban J connectivity index is 1.72. The number of rotatable bonds is 3. The number of hydrogen-bond donors (Lipinski definition) is 0. The van der Waals surface area contributed by atoms with E-state index in [1.807, 2.05) is 0 Å². The summed E-state index contributed by atoms with van der Waals surface area (Å²) in [7, 11) is -0.216. The lowest BCUT2D eigenvalue weighted by molar-refractivity contribution is 0.274. The molecule has 2 saturated carbocycles. The normalized spacial score (nSPS) is 27.6. The second-order valence-electron chi connectivity index (χ2n) is 7.33. The first-order chi connectivity index (χ1) is 11.4. The molecular formula is C22H27P. The number of fused-ring (bicyclic) bond motifs is 2. The van der Waals surface area contributed by atoms with Crippen molar-refractivity contribution < 1.29 is 0 Å². The van der Waals surface area contributed by atoms with Crippen LogP contribution in [0.15, 0.2) is 60.7 Å². The largest absolute Gasteiger partial charge is 0.0622 e. The predicted octanol–water partition coefficient (Wildman–Crippen LogP) is 5.48. The third-order valence-electron chi connectivity index (χ3n) is 5.88. The van der Waals surface area contributed by atoms with Gasteiger partial charge in [-0.05, 0) is 55.3 Å². The van der Waals surface area contributed by atoms with Crippen molar-refractivity contribution in [3.63, 3.8) is 0 Å². The van der Waals surface area contributed by atoms with Crippen LogP contribution in [0.4, 0.5) is 0 Å². The fourth-order valence-corrected chi connectivity index (χ4v) is 8.03. The van der Waals surface area contributed by atoms with Crippen LogP contribution in [0.2, 0.25) is 0 Å². The van der Waals surface area contributed by atoms with E-state index in [1.54, 1.807) is 10.6 Å². The molecule has 120 valence electrons. The van der Waals surface area contributed by atoms with Crippen molar-refractivity contribution in [1.82, 2.24) is 0 Å². The van der Waals surface area contributed by atoms with Gasteiger partial charge >= 0.3 is 0 Å². The Morgan fingerprint density at radius 2 is 1.22 bits per heavy atom. The van der Waals surface area contributed by atoms with Gasteiger partial charge in [0.15, 0.2) is 0 Å². The highest BCUT2D eigenvalue weighted by Crippen LogP contribution is 2.52. The first-order valence-electron chi connectivity index (χ1n) is 9.31. The molecule has 4 rings (SSSR count). The van der Waals surface area contributed by atoms with E-state index in [0.29, 0.717) is 0 Å². The molecule has 0 spiro atoms. The van der Waals surface area contributed by atoms with Gasteiger partial charge in [-0.1, -0.05) is 86.3 Å². The molecule has 1 heteroatoms. The highest BCUT2D eigenvalue weighted by molar-refractivity contribution is 7.73. The van der Waals surface area contributed by atoms with E-state index in [9.17, 15) is 0 Å². The molecule has 2 bridgehead atoms. The average Bonchev–Trinajstić information content (AvgIpc) is 2.76. The molecule has 23 heavy (non-hydrogen) atoms. The minimum absolute atomic E-state index is 0.216. The Bertz CT molecular complexity index is 567. The minimum Gasteiger partial charge on any atom is -0.0622 e. The Hall–Kier alpha value is -1.13. The van der Waals surface area contributed by atoms with Crippen LogP contribution >= 0.6 is 7.92 Å². The minimum atomic E-state index is -0.216. The van der Waals surface area contributed by atoms with Crippen LogP contribution in [-0.2, 0) is 0 Å². The van der Waals surface area contributed by atoms with Gasteiger partial charge in [0.2, 0.25) is 0 Å². The summed E-state index contributed by atoms with van der Waals surface area (Å²) >= 11 is 0. The molecule has 0 aliphatic heterocycles. The average molecular weight is 322 g/mol. The van der Waals surface area contributed by atoms with Crippen molar-refractivity contribution in [1.29, 1.82) is 0 Å². The molecule has 0 heterocycles. The molecule has 2 unspecified atom stereocenters. The van der Waals surface area contributed by atoms with Crippen molar-refractivity contribution in [2.45, 2.75) is 50.6 Å². The molecular weight excluding hydrogens is 295 g/mol. The van der Waals surface area contributed by atoms with Crippen LogP contribution in [0, 0.1) is 11.8 Å². The van der Waals surface area contributed by atoms with E-state index in [2.05, 4.69) is 60.7 Å². The Kier molecular flexibility index (Phi) is 4.81. The molecule has 0 saturated heterocycles. The molecule has 2 fully saturated rings. The summed E-state index contributed by atoms with van der Waals surface area (Å²) in [5.74, 6) is 1.99. The third-order valence-corrected chi connectivity index (χ3v) is 8.93. The highest BCUT2D eigenvalue weighted by Gasteiger charge is 2.36. The Labute approximate surface area is 142 Å². The van der Waals surface area contributed by atoms with E-state index in [1.165, 1.54) is 44.9 Å². The van der Waals surface area contributed by atoms with Gasteiger partial charge in [-0.2, -0.15) is 0 Å². The summed E-state index contributed by atoms with van der Waals surface area (Å²) in [4.78, 5) is 0. The Morgan fingerprint density at radius 3 is 1.83 bits per heavy atom. The number of benzene rings is 2. The lowest BCUT2D eigenvalue weighted by Gasteiger charge is -2.36. The van der Waals surface area contributed by atoms with Crippen molar-refractivity contribution in [2.75, 3.05) is 0 Å². The second-order valence-corrected chi connectivity index (χ2v) is 9.77.